The van der Waals surface area contributed by atoms with Gasteiger partial charge < -0.3 is 10.1 Å². The van der Waals surface area contributed by atoms with Crippen molar-refractivity contribution in [3.63, 3.8) is 0 Å². The van der Waals surface area contributed by atoms with Crippen molar-refractivity contribution < 1.29 is 4.74 Å². The van der Waals surface area contributed by atoms with Crippen molar-refractivity contribution in [2.45, 2.75) is 45.1 Å². The van der Waals surface area contributed by atoms with E-state index in [1.165, 1.54) is 41.5 Å². The van der Waals surface area contributed by atoms with Crippen molar-refractivity contribution in [3.8, 4) is 0 Å². The molecule has 4 rings (SSSR count). The zero-order chi connectivity index (χ0) is 14.2. The standard InChI is InChI=1S/C16H21N3OS/c1-10-4-5-12-13(7-10)21-16-14(12)15(18-9-19-16)17-8-11-3-2-6-20-11/h9-11H,2-8H2,1H3,(H,17,18,19)/t10-,11+/m1/s1. The third kappa shape index (κ3) is 2.53. The molecule has 0 radical (unpaired) electrons. The number of anilines is 1. The summed E-state index contributed by atoms with van der Waals surface area (Å²) in [6.45, 7) is 4.10. The maximum absolute atomic E-state index is 5.69. The van der Waals surface area contributed by atoms with Crippen molar-refractivity contribution in [1.82, 2.24) is 9.97 Å². The zero-order valence-corrected chi connectivity index (χ0v) is 13.2. The number of nitrogens with zero attached hydrogens (tertiary/aromatic N) is 2. The Labute approximate surface area is 128 Å². The molecule has 0 amide bonds. The molecule has 2 aromatic heterocycles. The maximum atomic E-state index is 5.69. The fourth-order valence-corrected chi connectivity index (χ4v) is 4.78. The van der Waals surface area contributed by atoms with Crippen LogP contribution < -0.4 is 5.32 Å². The molecule has 1 N–H and O–H groups in total. The highest BCUT2D eigenvalue weighted by Gasteiger charge is 2.23. The summed E-state index contributed by atoms with van der Waals surface area (Å²) in [7, 11) is 0. The quantitative estimate of drug-likeness (QED) is 0.944. The number of nitrogens with one attached hydrogen (secondary N) is 1. The van der Waals surface area contributed by atoms with Gasteiger partial charge in [0.05, 0.1) is 11.5 Å². The Kier molecular flexibility index (Phi) is 3.55. The van der Waals surface area contributed by atoms with Crippen molar-refractivity contribution in [3.05, 3.63) is 16.8 Å². The van der Waals surface area contributed by atoms with Crippen LogP contribution in [0.5, 0.6) is 0 Å². The van der Waals surface area contributed by atoms with Crippen LogP contribution in [0.15, 0.2) is 6.33 Å². The SMILES string of the molecule is C[C@@H]1CCc2c(sc3ncnc(NC[C@@H]4CCCO4)c23)C1. The Morgan fingerprint density at radius 2 is 2.33 bits per heavy atom. The summed E-state index contributed by atoms with van der Waals surface area (Å²) in [5.74, 6) is 1.80. The minimum atomic E-state index is 0.337. The van der Waals surface area contributed by atoms with Crippen LogP contribution in [0.25, 0.3) is 10.2 Å². The van der Waals surface area contributed by atoms with Crippen molar-refractivity contribution in [1.29, 1.82) is 0 Å². The molecule has 2 atom stereocenters. The molecule has 0 unspecified atom stereocenters. The fourth-order valence-electron chi connectivity index (χ4n) is 3.42. The minimum absolute atomic E-state index is 0.337. The summed E-state index contributed by atoms with van der Waals surface area (Å²) >= 11 is 1.85. The number of aryl methyl sites for hydroxylation is 1. The Bertz CT molecular complexity index is 648. The van der Waals surface area contributed by atoms with Crippen LogP contribution >= 0.6 is 11.3 Å². The van der Waals surface area contributed by atoms with Gasteiger partial charge in [-0.1, -0.05) is 6.92 Å². The van der Waals surface area contributed by atoms with E-state index in [9.17, 15) is 0 Å². The highest BCUT2D eigenvalue weighted by molar-refractivity contribution is 7.19. The topological polar surface area (TPSA) is 47.0 Å². The largest absolute Gasteiger partial charge is 0.376 e. The van der Waals surface area contributed by atoms with Gasteiger partial charge in [-0.15, -0.1) is 11.3 Å². The third-order valence-corrected chi connectivity index (χ3v) is 5.78. The normalized spacial score (nSPS) is 25.2. The van der Waals surface area contributed by atoms with E-state index in [1.807, 2.05) is 11.3 Å². The van der Waals surface area contributed by atoms with Gasteiger partial charge in [-0.2, -0.15) is 0 Å². The zero-order valence-electron chi connectivity index (χ0n) is 12.4. The van der Waals surface area contributed by atoms with Crippen molar-refractivity contribution in [2.75, 3.05) is 18.5 Å². The van der Waals surface area contributed by atoms with Crippen LogP contribution in [0.1, 0.15) is 36.6 Å². The van der Waals surface area contributed by atoms with Crippen LogP contribution in [-0.2, 0) is 17.6 Å². The molecule has 21 heavy (non-hydrogen) atoms. The van der Waals surface area contributed by atoms with Gasteiger partial charge in [0, 0.05) is 18.0 Å². The first kappa shape index (κ1) is 13.5. The molecule has 4 nitrogen and oxygen atoms in total. The average Bonchev–Trinajstić information content (AvgIpc) is 3.11. The minimum Gasteiger partial charge on any atom is -0.376 e. The van der Waals surface area contributed by atoms with Crippen molar-refractivity contribution >= 4 is 27.4 Å². The first-order valence-corrected chi connectivity index (χ1v) is 8.73. The monoisotopic (exact) mass is 303 g/mol. The van der Waals surface area contributed by atoms with Crippen molar-refractivity contribution in [2.24, 2.45) is 5.92 Å². The Balaban J connectivity index is 1.65. The third-order valence-electron chi connectivity index (χ3n) is 4.61. The molecular weight excluding hydrogens is 282 g/mol. The molecule has 2 aromatic rings. The second-order valence-electron chi connectivity index (χ2n) is 6.27. The van der Waals surface area contributed by atoms with Gasteiger partial charge in [0.2, 0.25) is 0 Å². The van der Waals surface area contributed by atoms with E-state index in [4.69, 9.17) is 4.74 Å². The van der Waals surface area contributed by atoms with E-state index < -0.39 is 0 Å². The summed E-state index contributed by atoms with van der Waals surface area (Å²) in [5.41, 5.74) is 1.49. The lowest BCUT2D eigenvalue weighted by molar-refractivity contribution is 0.120. The van der Waals surface area contributed by atoms with Gasteiger partial charge in [0.25, 0.3) is 0 Å². The molecule has 0 saturated carbocycles. The van der Waals surface area contributed by atoms with Crippen LogP contribution in [0.2, 0.25) is 0 Å². The fraction of sp³-hybridized carbons (Fsp3) is 0.625. The first-order valence-electron chi connectivity index (χ1n) is 7.92. The Hall–Kier alpha value is -1.20. The summed E-state index contributed by atoms with van der Waals surface area (Å²) in [6, 6.07) is 0. The highest BCUT2D eigenvalue weighted by atomic mass is 32.1. The summed E-state index contributed by atoms with van der Waals surface area (Å²) < 4.78 is 5.69. The Morgan fingerprint density at radius 1 is 1.38 bits per heavy atom. The predicted octanol–water partition coefficient (Wildman–Crippen LogP) is 3.41. The van der Waals surface area contributed by atoms with E-state index in [2.05, 4.69) is 22.2 Å². The van der Waals surface area contributed by atoms with Gasteiger partial charge >= 0.3 is 0 Å². The molecule has 112 valence electrons. The van der Waals surface area contributed by atoms with E-state index >= 15 is 0 Å². The van der Waals surface area contributed by atoms with Gasteiger partial charge in [0.1, 0.15) is 17.0 Å². The number of thiophene rings is 1. The Morgan fingerprint density at radius 3 is 3.19 bits per heavy atom. The smallest absolute Gasteiger partial charge is 0.138 e. The maximum Gasteiger partial charge on any atom is 0.138 e. The van der Waals surface area contributed by atoms with Gasteiger partial charge in [-0.05, 0) is 43.6 Å². The number of ether oxygens (including phenoxy) is 1. The molecule has 0 bridgehead atoms. The van der Waals surface area contributed by atoms with E-state index in [0.29, 0.717) is 6.10 Å². The molecule has 0 aromatic carbocycles. The molecular formula is C16H21N3OS. The molecule has 3 heterocycles. The van der Waals surface area contributed by atoms with Crippen LogP contribution in [0.3, 0.4) is 0 Å². The summed E-state index contributed by atoms with van der Waals surface area (Å²) in [5, 5.41) is 4.77. The van der Waals surface area contributed by atoms with Crippen LogP contribution in [0, 0.1) is 5.92 Å². The molecule has 5 heteroatoms. The molecule has 0 spiro atoms. The number of hydrogen-bond donors (Lipinski definition) is 1. The molecule has 2 aliphatic rings. The molecule has 1 aliphatic carbocycles. The van der Waals surface area contributed by atoms with E-state index in [0.717, 1.165) is 36.1 Å². The van der Waals surface area contributed by atoms with Crippen LogP contribution in [-0.4, -0.2) is 29.2 Å². The average molecular weight is 303 g/mol. The molecule has 1 aliphatic heterocycles. The van der Waals surface area contributed by atoms with Crippen LogP contribution in [0.4, 0.5) is 5.82 Å². The lowest BCUT2D eigenvalue weighted by Gasteiger charge is -2.18. The van der Waals surface area contributed by atoms with Gasteiger partial charge in [-0.25, -0.2) is 9.97 Å². The highest BCUT2D eigenvalue weighted by Crippen LogP contribution is 2.39. The summed E-state index contributed by atoms with van der Waals surface area (Å²) in [4.78, 5) is 11.6. The number of hydrogen-bond acceptors (Lipinski definition) is 5. The van der Waals surface area contributed by atoms with E-state index in [1.54, 1.807) is 6.33 Å². The lowest BCUT2D eigenvalue weighted by Crippen LogP contribution is -2.19. The number of fused-ring (bicyclic) bond motifs is 3. The first-order chi connectivity index (χ1) is 10.3. The number of aromatic nitrogens is 2. The second kappa shape index (κ2) is 5.54. The van der Waals surface area contributed by atoms with E-state index in [-0.39, 0.29) is 0 Å². The molecule has 1 fully saturated rings. The van der Waals surface area contributed by atoms with Gasteiger partial charge in [-0.3, -0.25) is 0 Å². The lowest BCUT2D eigenvalue weighted by atomic mass is 9.89. The summed E-state index contributed by atoms with van der Waals surface area (Å²) in [6.07, 6.45) is 7.99. The van der Waals surface area contributed by atoms with Gasteiger partial charge in [0.15, 0.2) is 0 Å². The predicted molar refractivity (Wildman–Crippen MR) is 86.1 cm³/mol. The second-order valence-corrected chi connectivity index (χ2v) is 7.35. The molecule has 1 saturated heterocycles. The number of rotatable bonds is 3.